The molecule has 0 N–H and O–H groups in total. The first-order chi connectivity index (χ1) is 10.7. The lowest BCUT2D eigenvalue weighted by Gasteiger charge is -2.17. The lowest BCUT2D eigenvalue weighted by atomic mass is 9.85. The van der Waals surface area contributed by atoms with Gasteiger partial charge in [-0.05, 0) is 48.9 Å². The van der Waals surface area contributed by atoms with E-state index in [1.165, 1.54) is 4.90 Å². The zero-order valence-electron chi connectivity index (χ0n) is 12.6. The summed E-state index contributed by atoms with van der Waals surface area (Å²) in [4.78, 5) is 26.7. The molecule has 2 fully saturated rings. The number of amides is 2. The molecule has 4 rings (SSSR count). The number of hydrogen-bond acceptors (Lipinski definition) is 3. The van der Waals surface area contributed by atoms with Gasteiger partial charge in [-0.1, -0.05) is 19.1 Å². The van der Waals surface area contributed by atoms with Crippen LogP contribution in [-0.2, 0) is 9.59 Å². The second-order valence-corrected chi connectivity index (χ2v) is 6.35. The molecule has 2 bridgehead atoms. The molecule has 0 aromatic heterocycles. The Hall–Kier alpha value is -2.10. The van der Waals surface area contributed by atoms with Crippen molar-refractivity contribution in [3.63, 3.8) is 0 Å². The van der Waals surface area contributed by atoms with Crippen molar-refractivity contribution in [2.45, 2.75) is 19.8 Å². The molecule has 4 atom stereocenters. The fraction of sp³-hybridized carbons (Fsp3) is 0.444. The lowest BCUT2D eigenvalue weighted by molar-refractivity contribution is -0.123. The van der Waals surface area contributed by atoms with Gasteiger partial charge in [0.15, 0.2) is 0 Å². The average Bonchev–Trinajstić information content (AvgIpc) is 3.20. The maximum Gasteiger partial charge on any atom is 0.238 e. The van der Waals surface area contributed by atoms with Crippen LogP contribution in [0.1, 0.15) is 19.8 Å². The monoisotopic (exact) mass is 297 g/mol. The Balaban J connectivity index is 1.58. The Bertz CT molecular complexity index is 619. The molecule has 1 aromatic rings. The quantitative estimate of drug-likeness (QED) is 0.634. The van der Waals surface area contributed by atoms with Crippen molar-refractivity contribution in [2.75, 3.05) is 11.5 Å². The summed E-state index contributed by atoms with van der Waals surface area (Å²) in [6.45, 7) is 2.72. The van der Waals surface area contributed by atoms with Crippen molar-refractivity contribution in [3.05, 3.63) is 36.4 Å². The van der Waals surface area contributed by atoms with Gasteiger partial charge >= 0.3 is 0 Å². The van der Waals surface area contributed by atoms with Gasteiger partial charge in [0, 0.05) is 0 Å². The number of rotatable bonds is 4. The molecule has 1 saturated heterocycles. The number of benzene rings is 1. The van der Waals surface area contributed by atoms with Crippen molar-refractivity contribution in [1.82, 2.24) is 0 Å². The molecule has 22 heavy (non-hydrogen) atoms. The molecule has 0 radical (unpaired) electrons. The molecular weight excluding hydrogens is 278 g/mol. The molecule has 1 aliphatic heterocycles. The third-order valence-electron chi connectivity index (χ3n) is 5.04. The predicted molar refractivity (Wildman–Crippen MR) is 82.4 cm³/mol. The molecule has 4 heteroatoms. The van der Waals surface area contributed by atoms with E-state index in [4.69, 9.17) is 4.74 Å². The second kappa shape index (κ2) is 4.97. The average molecular weight is 297 g/mol. The van der Waals surface area contributed by atoms with E-state index in [2.05, 4.69) is 19.1 Å². The summed E-state index contributed by atoms with van der Waals surface area (Å²) in [6, 6.07) is 7.26. The number of allylic oxidation sites excluding steroid dienone is 2. The number of fused-ring (bicyclic) bond motifs is 5. The number of carbonyl (C=O) groups is 2. The maximum absolute atomic E-state index is 12.7. The summed E-state index contributed by atoms with van der Waals surface area (Å²) >= 11 is 0. The number of hydrogen-bond donors (Lipinski definition) is 0. The fourth-order valence-electron chi connectivity index (χ4n) is 4.07. The molecule has 1 aromatic carbocycles. The minimum atomic E-state index is -0.140. The zero-order chi connectivity index (χ0) is 15.3. The van der Waals surface area contributed by atoms with Gasteiger partial charge in [-0.25, -0.2) is 0 Å². The van der Waals surface area contributed by atoms with Crippen LogP contribution in [0.5, 0.6) is 5.75 Å². The molecule has 0 unspecified atom stereocenters. The molecule has 114 valence electrons. The van der Waals surface area contributed by atoms with Gasteiger partial charge in [-0.3, -0.25) is 14.5 Å². The van der Waals surface area contributed by atoms with Gasteiger partial charge in [0.25, 0.3) is 0 Å². The van der Waals surface area contributed by atoms with Gasteiger partial charge < -0.3 is 4.74 Å². The van der Waals surface area contributed by atoms with E-state index < -0.39 is 0 Å². The van der Waals surface area contributed by atoms with E-state index in [-0.39, 0.29) is 35.5 Å². The third kappa shape index (κ3) is 1.83. The molecule has 0 spiro atoms. The Kier molecular flexibility index (Phi) is 3.06. The Morgan fingerprint density at radius 2 is 1.64 bits per heavy atom. The molecular formula is C18H19NO3. The Labute approximate surface area is 129 Å². The van der Waals surface area contributed by atoms with Crippen LogP contribution in [-0.4, -0.2) is 18.4 Å². The van der Waals surface area contributed by atoms with Crippen molar-refractivity contribution < 1.29 is 14.3 Å². The van der Waals surface area contributed by atoms with Crippen LogP contribution in [0.15, 0.2) is 36.4 Å². The largest absolute Gasteiger partial charge is 0.494 e. The normalized spacial score (nSPS) is 32.0. The van der Waals surface area contributed by atoms with Crippen LogP contribution in [0.25, 0.3) is 0 Å². The number of ether oxygens (including phenoxy) is 1. The van der Waals surface area contributed by atoms with Crippen LogP contribution in [0.4, 0.5) is 5.69 Å². The minimum Gasteiger partial charge on any atom is -0.494 e. The standard InChI is InChI=1S/C18H19NO3/c1-2-9-22-14-7-5-13(6-8-14)19-17(20)15-11-3-4-12(10-11)16(15)18(19)21/h3-8,11-12,15-16H,2,9-10H2,1H3/t11-,12-,15+,16+/m0/s1. The highest BCUT2D eigenvalue weighted by molar-refractivity contribution is 6.22. The van der Waals surface area contributed by atoms with Crippen molar-refractivity contribution >= 4 is 17.5 Å². The van der Waals surface area contributed by atoms with Gasteiger partial charge in [0.05, 0.1) is 24.1 Å². The fourth-order valence-corrected chi connectivity index (χ4v) is 4.07. The van der Waals surface area contributed by atoms with Crippen LogP contribution >= 0.6 is 0 Å². The summed E-state index contributed by atoms with van der Waals surface area (Å²) in [7, 11) is 0. The van der Waals surface area contributed by atoms with Gasteiger partial charge in [-0.2, -0.15) is 0 Å². The summed E-state index contributed by atoms with van der Waals surface area (Å²) in [5.74, 6) is 0.930. The number of anilines is 1. The first-order valence-electron chi connectivity index (χ1n) is 7.99. The van der Waals surface area contributed by atoms with Crippen molar-refractivity contribution in [1.29, 1.82) is 0 Å². The third-order valence-corrected chi connectivity index (χ3v) is 5.04. The van der Waals surface area contributed by atoms with Crippen LogP contribution in [0, 0.1) is 23.7 Å². The lowest BCUT2D eigenvalue weighted by Crippen LogP contribution is -2.32. The number of imide groups is 1. The van der Waals surface area contributed by atoms with E-state index >= 15 is 0 Å². The second-order valence-electron chi connectivity index (χ2n) is 6.35. The van der Waals surface area contributed by atoms with Gasteiger partial charge in [0.1, 0.15) is 5.75 Å². The molecule has 2 amide bonds. The molecule has 1 heterocycles. The first-order valence-corrected chi connectivity index (χ1v) is 7.99. The molecule has 2 aliphatic carbocycles. The van der Waals surface area contributed by atoms with Crippen LogP contribution in [0.2, 0.25) is 0 Å². The SMILES string of the molecule is CCCOc1ccc(N2C(=O)[C@H]3[C@H](C2=O)[C@H]2C=C[C@H]3C2)cc1. The number of nitrogens with zero attached hydrogens (tertiary/aromatic N) is 1. The van der Waals surface area contributed by atoms with E-state index in [1.54, 1.807) is 12.1 Å². The highest BCUT2D eigenvalue weighted by atomic mass is 16.5. The summed E-state index contributed by atoms with van der Waals surface area (Å²) < 4.78 is 5.55. The van der Waals surface area contributed by atoms with E-state index in [0.29, 0.717) is 12.3 Å². The minimum absolute atomic E-state index is 0.0333. The Morgan fingerprint density at radius 1 is 1.05 bits per heavy atom. The highest BCUT2D eigenvalue weighted by Crippen LogP contribution is 2.53. The van der Waals surface area contributed by atoms with E-state index in [0.717, 1.165) is 18.6 Å². The predicted octanol–water partition coefficient (Wildman–Crippen LogP) is 2.79. The van der Waals surface area contributed by atoms with E-state index in [1.807, 2.05) is 12.1 Å². The van der Waals surface area contributed by atoms with Gasteiger partial charge in [0.2, 0.25) is 11.8 Å². The summed E-state index contributed by atoms with van der Waals surface area (Å²) in [6.07, 6.45) is 6.14. The summed E-state index contributed by atoms with van der Waals surface area (Å²) in [5.41, 5.74) is 0.660. The van der Waals surface area contributed by atoms with Gasteiger partial charge in [-0.15, -0.1) is 0 Å². The molecule has 1 saturated carbocycles. The van der Waals surface area contributed by atoms with Crippen LogP contribution in [0.3, 0.4) is 0 Å². The van der Waals surface area contributed by atoms with Crippen LogP contribution < -0.4 is 9.64 Å². The summed E-state index contributed by atoms with van der Waals surface area (Å²) in [5, 5.41) is 0. The number of carbonyl (C=O) groups excluding carboxylic acids is 2. The van der Waals surface area contributed by atoms with E-state index in [9.17, 15) is 9.59 Å². The topological polar surface area (TPSA) is 46.6 Å². The Morgan fingerprint density at radius 3 is 2.18 bits per heavy atom. The van der Waals surface area contributed by atoms with Crippen molar-refractivity contribution in [3.8, 4) is 5.75 Å². The smallest absolute Gasteiger partial charge is 0.238 e. The maximum atomic E-state index is 12.7. The zero-order valence-corrected chi connectivity index (χ0v) is 12.6. The molecule has 3 aliphatic rings. The molecule has 4 nitrogen and oxygen atoms in total. The van der Waals surface area contributed by atoms with Crippen molar-refractivity contribution in [2.24, 2.45) is 23.7 Å². The highest BCUT2D eigenvalue weighted by Gasteiger charge is 2.59. The first kappa shape index (κ1) is 13.6.